The van der Waals surface area contributed by atoms with Gasteiger partial charge in [0.15, 0.2) is 20.6 Å². The van der Waals surface area contributed by atoms with E-state index in [9.17, 15) is 30.0 Å². The number of rotatable bonds is 7. The first-order valence-electron chi connectivity index (χ1n) is 9.98. The summed E-state index contributed by atoms with van der Waals surface area (Å²) in [6.07, 6.45) is -5.71. The third-order valence-corrected chi connectivity index (χ3v) is 9.65. The van der Waals surface area contributed by atoms with Crippen molar-refractivity contribution in [3.05, 3.63) is 41.6 Å². The van der Waals surface area contributed by atoms with Gasteiger partial charge >= 0.3 is 6.18 Å². The van der Waals surface area contributed by atoms with Crippen LogP contribution in [0.5, 0.6) is 0 Å². The zero-order valence-corrected chi connectivity index (χ0v) is 19.9. The highest BCUT2D eigenvalue weighted by Gasteiger charge is 2.46. The molecule has 184 valence electrons. The predicted molar refractivity (Wildman–Crippen MR) is 112 cm³/mol. The Morgan fingerprint density at radius 3 is 2.55 bits per heavy atom. The molecular formula is C20H25F3N2O6S2. The number of benzene rings is 1. The normalized spacial score (nSPS) is 22.4. The van der Waals surface area contributed by atoms with Crippen molar-refractivity contribution in [1.29, 1.82) is 0 Å². The van der Waals surface area contributed by atoms with Crippen LogP contribution in [0.1, 0.15) is 37.1 Å². The topological polar surface area (TPSA) is 105 Å². The number of hydrogen-bond donors (Lipinski definition) is 0. The molecule has 33 heavy (non-hydrogen) atoms. The van der Waals surface area contributed by atoms with E-state index in [1.807, 2.05) is 0 Å². The number of alkyl halides is 3. The standard InChI is InChI=1S/C20H25F3N2O6S2/c1-14-5-4-6-15(9-14)33(28,29)19(2)7-8-31-17(11-19)16-10-18(24-25(16)13-30-3)32(26,27)12-20(21,22)23/h4-6,9-10,17H,7-8,11-13H2,1-3H3. The highest BCUT2D eigenvalue weighted by molar-refractivity contribution is 7.92. The van der Waals surface area contributed by atoms with E-state index in [-0.39, 0.29) is 36.8 Å². The van der Waals surface area contributed by atoms with E-state index in [0.29, 0.717) is 0 Å². The molecule has 13 heteroatoms. The van der Waals surface area contributed by atoms with E-state index in [4.69, 9.17) is 9.47 Å². The van der Waals surface area contributed by atoms with Crippen molar-refractivity contribution >= 4 is 19.7 Å². The molecule has 0 spiro atoms. The summed E-state index contributed by atoms with van der Waals surface area (Å²) >= 11 is 0. The molecule has 1 aliphatic rings. The van der Waals surface area contributed by atoms with Crippen LogP contribution in [0, 0.1) is 6.92 Å². The van der Waals surface area contributed by atoms with Crippen LogP contribution in [0.25, 0.3) is 0 Å². The summed E-state index contributed by atoms with van der Waals surface area (Å²) in [5.74, 6) is -2.06. The molecule has 3 rings (SSSR count). The Labute approximate surface area is 190 Å². The minimum Gasteiger partial charge on any atom is -0.372 e. The Morgan fingerprint density at radius 2 is 1.94 bits per heavy atom. The molecule has 0 saturated carbocycles. The number of ether oxygens (including phenoxy) is 2. The lowest BCUT2D eigenvalue weighted by Crippen LogP contribution is -2.42. The lowest BCUT2D eigenvalue weighted by Gasteiger charge is -2.37. The van der Waals surface area contributed by atoms with E-state index in [2.05, 4.69) is 5.10 Å². The minimum atomic E-state index is -4.94. The van der Waals surface area contributed by atoms with Crippen molar-refractivity contribution < 1.29 is 39.5 Å². The molecule has 1 aromatic heterocycles. The SMILES string of the molecule is COCn1nc(S(=O)(=O)CC(F)(F)F)cc1C1CC(C)(S(=O)(=O)c2cccc(C)c2)CCO1. The predicted octanol–water partition coefficient (Wildman–Crippen LogP) is 3.22. The number of halogens is 3. The number of aromatic nitrogens is 2. The van der Waals surface area contributed by atoms with Crippen LogP contribution < -0.4 is 0 Å². The van der Waals surface area contributed by atoms with Gasteiger partial charge in [0, 0.05) is 19.8 Å². The maximum atomic E-state index is 13.4. The minimum absolute atomic E-state index is 0.0442. The van der Waals surface area contributed by atoms with Crippen molar-refractivity contribution in [2.75, 3.05) is 19.5 Å². The first kappa shape index (κ1) is 25.7. The van der Waals surface area contributed by atoms with Crippen LogP contribution in [0.15, 0.2) is 40.3 Å². The second-order valence-corrected chi connectivity index (χ2v) is 12.7. The molecule has 0 radical (unpaired) electrons. The molecular weight excluding hydrogens is 485 g/mol. The van der Waals surface area contributed by atoms with Gasteiger partial charge in [-0.1, -0.05) is 12.1 Å². The fourth-order valence-corrected chi connectivity index (χ4v) is 6.80. The monoisotopic (exact) mass is 510 g/mol. The molecule has 0 aliphatic carbocycles. The Morgan fingerprint density at radius 1 is 1.24 bits per heavy atom. The first-order chi connectivity index (χ1) is 15.2. The fraction of sp³-hybridized carbons (Fsp3) is 0.550. The molecule has 0 bridgehead atoms. The second kappa shape index (κ2) is 9.01. The summed E-state index contributed by atoms with van der Waals surface area (Å²) in [4.78, 5) is 0.157. The molecule has 1 aliphatic heterocycles. The van der Waals surface area contributed by atoms with E-state index < -0.39 is 47.5 Å². The molecule has 8 nitrogen and oxygen atoms in total. The van der Waals surface area contributed by atoms with Crippen molar-refractivity contribution in [2.24, 2.45) is 0 Å². The van der Waals surface area contributed by atoms with Crippen LogP contribution in [0.2, 0.25) is 0 Å². The zero-order valence-electron chi connectivity index (χ0n) is 18.3. The van der Waals surface area contributed by atoms with Gasteiger partial charge < -0.3 is 9.47 Å². The van der Waals surface area contributed by atoms with Gasteiger partial charge in [-0.3, -0.25) is 0 Å². The van der Waals surface area contributed by atoms with E-state index in [0.717, 1.165) is 16.3 Å². The number of aryl methyl sites for hydroxylation is 1. The van der Waals surface area contributed by atoms with Gasteiger partial charge in [0.05, 0.1) is 15.3 Å². The molecule has 1 saturated heterocycles. The number of nitrogens with zero attached hydrogens (tertiary/aromatic N) is 2. The third kappa shape index (κ3) is 5.42. The summed E-state index contributed by atoms with van der Waals surface area (Å²) in [5.41, 5.74) is 0.906. The molecule has 2 unspecified atom stereocenters. The summed E-state index contributed by atoms with van der Waals surface area (Å²) in [5, 5.41) is 3.01. The highest BCUT2D eigenvalue weighted by Crippen LogP contribution is 2.42. The molecule has 0 N–H and O–H groups in total. The van der Waals surface area contributed by atoms with Crippen molar-refractivity contribution in [1.82, 2.24) is 9.78 Å². The quantitative estimate of drug-likeness (QED) is 0.563. The van der Waals surface area contributed by atoms with Crippen molar-refractivity contribution in [3.63, 3.8) is 0 Å². The summed E-state index contributed by atoms with van der Waals surface area (Å²) < 4.78 is 100. The number of methoxy groups -OCH3 is 1. The zero-order chi connectivity index (χ0) is 24.7. The Balaban J connectivity index is 1.99. The summed E-state index contributed by atoms with van der Waals surface area (Å²) in [7, 11) is -7.26. The van der Waals surface area contributed by atoms with Gasteiger partial charge in [0.1, 0.15) is 12.8 Å². The molecule has 1 aromatic carbocycles. The fourth-order valence-electron chi connectivity index (χ4n) is 3.80. The van der Waals surface area contributed by atoms with E-state index in [1.54, 1.807) is 32.0 Å². The summed E-state index contributed by atoms with van der Waals surface area (Å²) in [6.45, 7) is 3.16. The maximum Gasteiger partial charge on any atom is 0.403 e. The van der Waals surface area contributed by atoms with Crippen LogP contribution >= 0.6 is 0 Å². The van der Waals surface area contributed by atoms with Gasteiger partial charge in [-0.05, 0) is 44.4 Å². The maximum absolute atomic E-state index is 13.4. The number of sulfone groups is 2. The first-order valence-corrected chi connectivity index (χ1v) is 13.1. The van der Waals surface area contributed by atoms with Gasteiger partial charge in [0.25, 0.3) is 0 Å². The van der Waals surface area contributed by atoms with Crippen molar-refractivity contribution in [3.8, 4) is 0 Å². The van der Waals surface area contributed by atoms with Gasteiger partial charge in [-0.15, -0.1) is 0 Å². The highest BCUT2D eigenvalue weighted by atomic mass is 32.2. The molecule has 0 amide bonds. The van der Waals surface area contributed by atoms with Gasteiger partial charge in [-0.2, -0.15) is 18.3 Å². The van der Waals surface area contributed by atoms with Crippen LogP contribution in [0.3, 0.4) is 0 Å². The molecule has 1 fully saturated rings. The average Bonchev–Trinajstić information content (AvgIpc) is 3.11. The largest absolute Gasteiger partial charge is 0.403 e. The second-order valence-electron chi connectivity index (χ2n) is 8.28. The summed E-state index contributed by atoms with van der Waals surface area (Å²) in [6, 6.07) is 7.50. The number of hydrogen-bond acceptors (Lipinski definition) is 7. The molecule has 2 aromatic rings. The Kier molecular flexibility index (Phi) is 7.00. The van der Waals surface area contributed by atoms with Crippen LogP contribution in [0.4, 0.5) is 13.2 Å². The average molecular weight is 511 g/mol. The molecule has 2 atom stereocenters. The smallest absolute Gasteiger partial charge is 0.372 e. The molecule has 2 heterocycles. The van der Waals surface area contributed by atoms with Crippen LogP contribution in [-0.4, -0.2) is 57.0 Å². The van der Waals surface area contributed by atoms with Crippen molar-refractivity contribution in [2.45, 2.75) is 60.4 Å². The van der Waals surface area contributed by atoms with Gasteiger partial charge in [-0.25, -0.2) is 21.5 Å². The third-order valence-electron chi connectivity index (χ3n) is 5.56. The van der Waals surface area contributed by atoms with E-state index >= 15 is 0 Å². The Bertz CT molecular complexity index is 1220. The van der Waals surface area contributed by atoms with E-state index in [1.165, 1.54) is 13.2 Å². The lowest BCUT2D eigenvalue weighted by molar-refractivity contribution is -0.106. The Hall–Kier alpha value is -1.96. The van der Waals surface area contributed by atoms with Crippen LogP contribution in [-0.2, 0) is 35.9 Å². The lowest BCUT2D eigenvalue weighted by atomic mass is 9.95. The van der Waals surface area contributed by atoms with Gasteiger partial charge in [0.2, 0.25) is 9.84 Å².